The summed E-state index contributed by atoms with van der Waals surface area (Å²) in [6.07, 6.45) is 3.15. The van der Waals surface area contributed by atoms with Crippen LogP contribution in [0.5, 0.6) is 11.5 Å². The van der Waals surface area contributed by atoms with Crippen molar-refractivity contribution in [3.05, 3.63) is 53.7 Å². The third-order valence-corrected chi connectivity index (χ3v) is 7.76. The summed E-state index contributed by atoms with van der Waals surface area (Å²) in [6, 6.07) is 10.2. The molecule has 37 heavy (non-hydrogen) atoms. The molecule has 0 spiro atoms. The van der Waals surface area contributed by atoms with Gasteiger partial charge in [0.25, 0.3) is 0 Å². The SMILES string of the molecule is CC#CCOc1ccc(S(=O)(=O)N[C@@H](Cc2c(C)n(CCCCC)c3ccc(OC)cc23)C(=O)O)cc1. The molecule has 3 aromatic rings. The van der Waals surface area contributed by atoms with Gasteiger partial charge in [0.1, 0.15) is 24.1 Å². The topological polar surface area (TPSA) is 107 Å². The van der Waals surface area contributed by atoms with E-state index in [1.165, 1.54) is 24.3 Å². The molecular formula is C28H34N2O6S. The standard InChI is InChI=1S/C28H34N2O6S/c1-5-7-9-16-30-20(3)24(25-18-22(35-4)12-15-27(25)30)19-26(28(31)32)29-37(33,34)23-13-10-21(11-14-23)36-17-8-6-2/h10-15,18,26,29H,5,7,9,16-17,19H2,1-4H3,(H,31,32)/t26-/m0/s1. The van der Waals surface area contributed by atoms with Crippen molar-refractivity contribution in [1.29, 1.82) is 0 Å². The summed E-state index contributed by atoms with van der Waals surface area (Å²) >= 11 is 0. The number of aryl methyl sites for hydroxylation is 1. The van der Waals surface area contributed by atoms with Crippen LogP contribution in [0.2, 0.25) is 0 Å². The van der Waals surface area contributed by atoms with Crippen molar-refractivity contribution in [2.75, 3.05) is 13.7 Å². The highest BCUT2D eigenvalue weighted by Gasteiger charge is 2.28. The summed E-state index contributed by atoms with van der Waals surface area (Å²) in [5, 5.41) is 10.8. The molecule has 0 aliphatic heterocycles. The molecule has 9 heteroatoms. The van der Waals surface area contributed by atoms with Gasteiger partial charge in [-0.25, -0.2) is 8.42 Å². The fourth-order valence-corrected chi connectivity index (χ4v) is 5.46. The van der Waals surface area contributed by atoms with Crippen LogP contribution < -0.4 is 14.2 Å². The normalized spacial score (nSPS) is 12.1. The highest BCUT2D eigenvalue weighted by Crippen LogP contribution is 2.31. The second-order valence-corrected chi connectivity index (χ2v) is 10.4. The number of carboxylic acids is 1. The van der Waals surface area contributed by atoms with Gasteiger partial charge in [0.05, 0.1) is 12.0 Å². The van der Waals surface area contributed by atoms with Gasteiger partial charge in [-0.2, -0.15) is 4.72 Å². The minimum absolute atomic E-state index is 0.0122. The van der Waals surface area contributed by atoms with Crippen molar-refractivity contribution < 1.29 is 27.8 Å². The number of ether oxygens (including phenoxy) is 2. The van der Waals surface area contributed by atoms with Gasteiger partial charge >= 0.3 is 5.97 Å². The van der Waals surface area contributed by atoms with Crippen molar-refractivity contribution >= 4 is 26.9 Å². The number of methoxy groups -OCH3 is 1. The molecule has 0 amide bonds. The summed E-state index contributed by atoms with van der Waals surface area (Å²) in [5.74, 6) is 5.35. The first-order valence-electron chi connectivity index (χ1n) is 12.2. The van der Waals surface area contributed by atoms with Crippen LogP contribution in [0, 0.1) is 18.8 Å². The Labute approximate surface area is 218 Å². The van der Waals surface area contributed by atoms with E-state index in [4.69, 9.17) is 9.47 Å². The molecule has 2 aromatic carbocycles. The Hall–Kier alpha value is -3.48. The first kappa shape index (κ1) is 28.1. The number of nitrogens with zero attached hydrogens (tertiary/aromatic N) is 1. The minimum Gasteiger partial charge on any atom is -0.497 e. The fraction of sp³-hybridized carbons (Fsp3) is 0.393. The van der Waals surface area contributed by atoms with Gasteiger partial charge in [0.15, 0.2) is 0 Å². The second kappa shape index (κ2) is 12.7. The summed E-state index contributed by atoms with van der Waals surface area (Å²) < 4.78 is 41.5. The number of carbonyl (C=O) groups is 1. The molecule has 0 fully saturated rings. The highest BCUT2D eigenvalue weighted by atomic mass is 32.2. The Bertz CT molecular complexity index is 1400. The van der Waals surface area contributed by atoms with Crippen molar-refractivity contribution in [1.82, 2.24) is 9.29 Å². The first-order valence-corrected chi connectivity index (χ1v) is 13.7. The van der Waals surface area contributed by atoms with Crippen LogP contribution in [0.3, 0.4) is 0 Å². The van der Waals surface area contributed by atoms with Crippen LogP contribution in [0.25, 0.3) is 10.9 Å². The minimum atomic E-state index is -4.10. The van der Waals surface area contributed by atoms with E-state index in [-0.39, 0.29) is 17.9 Å². The zero-order valence-corrected chi connectivity index (χ0v) is 22.5. The lowest BCUT2D eigenvalue weighted by atomic mass is 10.0. The van der Waals surface area contributed by atoms with E-state index < -0.39 is 22.0 Å². The van der Waals surface area contributed by atoms with E-state index in [9.17, 15) is 18.3 Å². The van der Waals surface area contributed by atoms with Crippen LogP contribution in [0.1, 0.15) is 44.4 Å². The van der Waals surface area contributed by atoms with Crippen molar-refractivity contribution in [2.24, 2.45) is 0 Å². The Kier molecular flexibility index (Phi) is 9.61. The van der Waals surface area contributed by atoms with Crippen LogP contribution in [-0.4, -0.2) is 43.8 Å². The quantitative estimate of drug-likeness (QED) is 0.250. The maximum absolute atomic E-state index is 13.1. The van der Waals surface area contributed by atoms with Crippen LogP contribution in [-0.2, 0) is 27.8 Å². The molecule has 1 heterocycles. The zero-order valence-electron chi connectivity index (χ0n) is 21.7. The maximum Gasteiger partial charge on any atom is 0.322 e. The molecule has 0 aliphatic rings. The molecule has 0 aliphatic carbocycles. The number of carboxylic acid groups (broad SMARTS) is 1. The lowest BCUT2D eigenvalue weighted by Gasteiger charge is -2.16. The van der Waals surface area contributed by atoms with Gasteiger partial charge < -0.3 is 19.1 Å². The van der Waals surface area contributed by atoms with Gasteiger partial charge in [0.2, 0.25) is 10.0 Å². The number of aromatic nitrogens is 1. The van der Waals surface area contributed by atoms with Gasteiger partial charge in [-0.3, -0.25) is 4.79 Å². The average molecular weight is 527 g/mol. The lowest BCUT2D eigenvalue weighted by Crippen LogP contribution is -2.42. The number of nitrogens with one attached hydrogen (secondary N) is 1. The van der Waals surface area contributed by atoms with E-state index in [1.54, 1.807) is 14.0 Å². The van der Waals surface area contributed by atoms with Crippen molar-refractivity contribution in [3.8, 4) is 23.3 Å². The van der Waals surface area contributed by atoms with Crippen LogP contribution in [0.15, 0.2) is 47.4 Å². The number of rotatable bonds is 13. The highest BCUT2D eigenvalue weighted by molar-refractivity contribution is 7.89. The summed E-state index contributed by atoms with van der Waals surface area (Å²) in [5.41, 5.74) is 2.67. The number of hydrogen-bond donors (Lipinski definition) is 2. The van der Waals surface area contributed by atoms with Gasteiger partial charge in [-0.1, -0.05) is 25.7 Å². The Morgan fingerprint density at radius 1 is 1.14 bits per heavy atom. The Morgan fingerprint density at radius 3 is 2.46 bits per heavy atom. The molecule has 1 aromatic heterocycles. The van der Waals surface area contributed by atoms with Crippen LogP contribution >= 0.6 is 0 Å². The van der Waals surface area contributed by atoms with Gasteiger partial charge in [0, 0.05) is 29.6 Å². The molecule has 0 saturated heterocycles. The molecule has 0 saturated carbocycles. The smallest absolute Gasteiger partial charge is 0.322 e. The predicted octanol–water partition coefficient (Wildman–Crippen LogP) is 4.52. The van der Waals surface area contributed by atoms with Gasteiger partial charge in [-0.15, -0.1) is 5.92 Å². The average Bonchev–Trinajstić information content (AvgIpc) is 3.14. The Balaban J connectivity index is 1.91. The first-order chi connectivity index (χ1) is 17.7. The third-order valence-electron chi connectivity index (χ3n) is 6.27. The lowest BCUT2D eigenvalue weighted by molar-refractivity contribution is -0.138. The molecule has 0 radical (unpaired) electrons. The number of aliphatic carboxylic acids is 1. The Morgan fingerprint density at radius 2 is 1.84 bits per heavy atom. The number of unbranched alkanes of at least 4 members (excludes halogenated alkanes) is 2. The van der Waals surface area contributed by atoms with E-state index in [0.717, 1.165) is 48.0 Å². The van der Waals surface area contributed by atoms with E-state index in [1.807, 2.05) is 25.1 Å². The molecule has 0 bridgehead atoms. The molecule has 0 unspecified atom stereocenters. The molecular weight excluding hydrogens is 492 g/mol. The summed E-state index contributed by atoms with van der Waals surface area (Å²) in [4.78, 5) is 12.2. The molecule has 8 nitrogen and oxygen atoms in total. The molecule has 198 valence electrons. The van der Waals surface area contributed by atoms with Gasteiger partial charge in [-0.05, 0) is 68.3 Å². The van der Waals surface area contributed by atoms with Crippen LogP contribution in [0.4, 0.5) is 0 Å². The third kappa shape index (κ3) is 6.85. The number of hydrogen-bond acceptors (Lipinski definition) is 5. The van der Waals surface area contributed by atoms with E-state index in [2.05, 4.69) is 28.1 Å². The predicted molar refractivity (Wildman–Crippen MR) is 144 cm³/mol. The molecule has 3 rings (SSSR count). The summed E-state index contributed by atoms with van der Waals surface area (Å²) in [7, 11) is -2.53. The number of benzene rings is 2. The second-order valence-electron chi connectivity index (χ2n) is 8.71. The van der Waals surface area contributed by atoms with E-state index >= 15 is 0 Å². The van der Waals surface area contributed by atoms with E-state index in [0.29, 0.717) is 11.5 Å². The summed E-state index contributed by atoms with van der Waals surface area (Å²) in [6.45, 7) is 6.78. The fourth-order valence-electron chi connectivity index (χ4n) is 4.27. The molecule has 1 atom stereocenters. The van der Waals surface area contributed by atoms with Crippen molar-refractivity contribution in [3.63, 3.8) is 0 Å². The molecule has 2 N–H and O–H groups in total. The largest absolute Gasteiger partial charge is 0.497 e. The maximum atomic E-state index is 13.1. The zero-order chi connectivity index (χ0) is 27.0. The monoisotopic (exact) mass is 526 g/mol. The number of sulfonamides is 1. The number of fused-ring (bicyclic) bond motifs is 1. The van der Waals surface area contributed by atoms with Crippen molar-refractivity contribution in [2.45, 2.75) is 63.9 Å².